The van der Waals surface area contributed by atoms with Crippen molar-refractivity contribution in [3.05, 3.63) is 65.7 Å². The normalized spacial score (nSPS) is 17.9. The molecule has 5 heteroatoms. The van der Waals surface area contributed by atoms with Crippen molar-refractivity contribution in [2.45, 2.75) is 26.5 Å². The average molecular weight is 310 g/mol. The highest BCUT2D eigenvalue weighted by atomic mass is 16.7. The molecule has 5 nitrogen and oxygen atoms in total. The molecule has 0 radical (unpaired) electrons. The molecule has 2 aromatic rings. The summed E-state index contributed by atoms with van der Waals surface area (Å²) in [4.78, 5) is 31.8. The van der Waals surface area contributed by atoms with Crippen LogP contribution in [0.4, 0.5) is 10.5 Å². The van der Waals surface area contributed by atoms with E-state index in [0.29, 0.717) is 5.69 Å². The molecule has 0 aromatic heterocycles. The fourth-order valence-electron chi connectivity index (χ4n) is 2.51. The zero-order chi connectivity index (χ0) is 16.4. The second kappa shape index (κ2) is 6.22. The predicted molar refractivity (Wildman–Crippen MR) is 86.6 cm³/mol. The maximum absolute atomic E-state index is 12.5. The average Bonchev–Trinajstić information content (AvgIpc) is 2.78. The number of amides is 3. The van der Waals surface area contributed by atoms with Crippen LogP contribution in [0.3, 0.4) is 0 Å². The van der Waals surface area contributed by atoms with Crippen LogP contribution in [0.1, 0.15) is 18.1 Å². The quantitative estimate of drug-likeness (QED) is 0.814. The van der Waals surface area contributed by atoms with Gasteiger partial charge in [0.25, 0.3) is 5.91 Å². The minimum atomic E-state index is -0.582. The minimum Gasteiger partial charge on any atom is -0.280 e. The minimum absolute atomic E-state index is 0.173. The zero-order valence-electron chi connectivity index (χ0n) is 13.1. The summed E-state index contributed by atoms with van der Waals surface area (Å²) in [5.74, 6) is -0.355. The largest absolute Gasteiger partial charge is 0.356 e. The summed E-state index contributed by atoms with van der Waals surface area (Å²) >= 11 is 0. The highest BCUT2D eigenvalue weighted by molar-refractivity contribution is 6.13. The number of carbonyl (C=O) groups excluding carboxylic acids is 2. The molecular weight excluding hydrogens is 292 g/mol. The highest BCUT2D eigenvalue weighted by Gasteiger charge is 2.44. The summed E-state index contributed by atoms with van der Waals surface area (Å²) in [6, 6.07) is 15.9. The Bertz CT molecular complexity index is 713. The van der Waals surface area contributed by atoms with Gasteiger partial charge in [-0.05, 0) is 31.5 Å². The molecule has 2 aromatic carbocycles. The van der Waals surface area contributed by atoms with Crippen molar-refractivity contribution in [1.82, 2.24) is 5.06 Å². The van der Waals surface area contributed by atoms with Gasteiger partial charge in [0.1, 0.15) is 12.6 Å². The van der Waals surface area contributed by atoms with Gasteiger partial charge in [0.15, 0.2) is 0 Å². The standard InChI is InChI=1S/C18H18N2O3/c1-13-8-10-16(11-9-13)19-14(2)17(21)20(18(19)22)23-12-15-6-4-3-5-7-15/h3-11,14H,12H2,1-2H3. The van der Waals surface area contributed by atoms with Gasteiger partial charge in [0.05, 0.1) is 0 Å². The summed E-state index contributed by atoms with van der Waals surface area (Å²) in [6.45, 7) is 3.85. The summed E-state index contributed by atoms with van der Waals surface area (Å²) < 4.78 is 0. The second-order valence-electron chi connectivity index (χ2n) is 5.56. The number of hydrogen-bond acceptors (Lipinski definition) is 3. The van der Waals surface area contributed by atoms with E-state index in [1.165, 1.54) is 4.90 Å². The molecule has 0 aliphatic carbocycles. The van der Waals surface area contributed by atoms with Crippen molar-refractivity contribution in [1.29, 1.82) is 0 Å². The Balaban J connectivity index is 1.76. The van der Waals surface area contributed by atoms with Gasteiger partial charge in [0.2, 0.25) is 0 Å². The van der Waals surface area contributed by atoms with Crippen molar-refractivity contribution in [2.75, 3.05) is 4.90 Å². The van der Waals surface area contributed by atoms with E-state index in [4.69, 9.17) is 4.84 Å². The molecule has 1 aliphatic heterocycles. The first-order valence-corrected chi connectivity index (χ1v) is 7.48. The number of imide groups is 1. The lowest BCUT2D eigenvalue weighted by Crippen LogP contribution is -2.33. The lowest BCUT2D eigenvalue weighted by Gasteiger charge is -2.19. The number of aryl methyl sites for hydroxylation is 1. The van der Waals surface area contributed by atoms with Crippen LogP contribution in [0.25, 0.3) is 0 Å². The van der Waals surface area contributed by atoms with Gasteiger partial charge in [-0.1, -0.05) is 48.0 Å². The van der Waals surface area contributed by atoms with Gasteiger partial charge in [-0.3, -0.25) is 14.5 Å². The van der Waals surface area contributed by atoms with E-state index in [0.717, 1.165) is 16.2 Å². The van der Waals surface area contributed by atoms with Crippen molar-refractivity contribution >= 4 is 17.6 Å². The fraction of sp³-hybridized carbons (Fsp3) is 0.222. The number of hydroxylamine groups is 2. The van der Waals surface area contributed by atoms with Crippen LogP contribution in [0.15, 0.2) is 54.6 Å². The van der Waals surface area contributed by atoms with E-state index < -0.39 is 12.1 Å². The Morgan fingerprint density at radius 3 is 2.30 bits per heavy atom. The van der Waals surface area contributed by atoms with E-state index in [2.05, 4.69) is 0 Å². The molecule has 0 saturated carbocycles. The monoisotopic (exact) mass is 310 g/mol. The zero-order valence-corrected chi connectivity index (χ0v) is 13.1. The number of anilines is 1. The molecule has 3 amide bonds. The van der Waals surface area contributed by atoms with Gasteiger partial charge in [-0.25, -0.2) is 4.79 Å². The third kappa shape index (κ3) is 2.96. The van der Waals surface area contributed by atoms with Crippen LogP contribution in [-0.4, -0.2) is 23.0 Å². The van der Waals surface area contributed by atoms with Gasteiger partial charge in [0, 0.05) is 5.69 Å². The molecule has 1 saturated heterocycles. The van der Waals surface area contributed by atoms with Crippen LogP contribution >= 0.6 is 0 Å². The third-order valence-corrected chi connectivity index (χ3v) is 3.84. The Hall–Kier alpha value is -2.66. The second-order valence-corrected chi connectivity index (χ2v) is 5.56. The molecule has 3 rings (SSSR count). The Morgan fingerprint density at radius 1 is 1.00 bits per heavy atom. The summed E-state index contributed by atoms with van der Waals surface area (Å²) in [5, 5.41) is 0.859. The lowest BCUT2D eigenvalue weighted by atomic mass is 10.2. The SMILES string of the molecule is Cc1ccc(N2C(=O)N(OCc3ccccc3)C(=O)C2C)cc1. The van der Waals surface area contributed by atoms with Gasteiger partial charge >= 0.3 is 6.03 Å². The van der Waals surface area contributed by atoms with E-state index in [-0.39, 0.29) is 12.5 Å². The number of rotatable bonds is 4. The predicted octanol–water partition coefficient (Wildman–Crippen LogP) is 3.28. The Labute approximate surface area is 135 Å². The van der Waals surface area contributed by atoms with Gasteiger partial charge in [-0.2, -0.15) is 0 Å². The molecule has 1 atom stereocenters. The molecule has 1 heterocycles. The highest BCUT2D eigenvalue weighted by Crippen LogP contribution is 2.26. The summed E-state index contributed by atoms with van der Waals surface area (Å²) in [6.07, 6.45) is 0. The van der Waals surface area contributed by atoms with Crippen LogP contribution in [0, 0.1) is 6.92 Å². The van der Waals surface area contributed by atoms with Crippen LogP contribution in [-0.2, 0) is 16.2 Å². The van der Waals surface area contributed by atoms with E-state index in [9.17, 15) is 9.59 Å². The van der Waals surface area contributed by atoms with E-state index >= 15 is 0 Å². The molecule has 1 unspecified atom stereocenters. The molecule has 1 aliphatic rings. The van der Waals surface area contributed by atoms with Crippen LogP contribution in [0.2, 0.25) is 0 Å². The van der Waals surface area contributed by atoms with E-state index in [1.54, 1.807) is 6.92 Å². The maximum Gasteiger partial charge on any atom is 0.356 e. The van der Waals surface area contributed by atoms with Crippen molar-refractivity contribution in [3.8, 4) is 0 Å². The first kappa shape index (κ1) is 15.2. The van der Waals surface area contributed by atoms with Gasteiger partial charge < -0.3 is 0 Å². The molecule has 1 fully saturated rings. The topological polar surface area (TPSA) is 49.9 Å². The first-order chi connectivity index (χ1) is 11.1. The number of hydrogen-bond donors (Lipinski definition) is 0. The molecule has 23 heavy (non-hydrogen) atoms. The van der Waals surface area contributed by atoms with Crippen LogP contribution < -0.4 is 4.90 Å². The number of urea groups is 1. The maximum atomic E-state index is 12.5. The first-order valence-electron chi connectivity index (χ1n) is 7.48. The smallest absolute Gasteiger partial charge is 0.280 e. The van der Waals surface area contributed by atoms with Crippen molar-refractivity contribution in [3.63, 3.8) is 0 Å². The molecule has 0 bridgehead atoms. The number of carbonyl (C=O) groups is 2. The van der Waals surface area contributed by atoms with Crippen molar-refractivity contribution < 1.29 is 14.4 Å². The van der Waals surface area contributed by atoms with Crippen LogP contribution in [0.5, 0.6) is 0 Å². The molecular formula is C18H18N2O3. The number of nitrogens with zero attached hydrogens (tertiary/aromatic N) is 2. The summed E-state index contributed by atoms with van der Waals surface area (Å²) in [5.41, 5.74) is 2.68. The van der Waals surface area contributed by atoms with Gasteiger partial charge in [-0.15, -0.1) is 5.06 Å². The van der Waals surface area contributed by atoms with Crippen molar-refractivity contribution in [2.24, 2.45) is 0 Å². The Morgan fingerprint density at radius 2 is 1.65 bits per heavy atom. The third-order valence-electron chi connectivity index (χ3n) is 3.84. The molecule has 118 valence electrons. The lowest BCUT2D eigenvalue weighted by molar-refractivity contribution is -0.166. The molecule has 0 spiro atoms. The summed E-state index contributed by atoms with van der Waals surface area (Å²) in [7, 11) is 0. The fourth-order valence-corrected chi connectivity index (χ4v) is 2.51. The number of benzene rings is 2. The van der Waals surface area contributed by atoms with E-state index in [1.807, 2.05) is 61.5 Å². The Kier molecular flexibility index (Phi) is 4.12. The molecule has 0 N–H and O–H groups in total.